The first-order chi connectivity index (χ1) is 5.92. The highest BCUT2D eigenvalue weighted by atomic mass is 14.9. The molecule has 3 unspecified atom stereocenters. The summed E-state index contributed by atoms with van der Waals surface area (Å²) in [7, 11) is 0. The number of hydrogen-bond donors (Lipinski definition) is 2. The first-order valence-electron chi connectivity index (χ1n) is 5.47. The number of hydrogen-bond acceptors (Lipinski definition) is 2. The van der Waals surface area contributed by atoms with E-state index in [1.54, 1.807) is 0 Å². The molecule has 0 bridgehead atoms. The molecule has 2 nitrogen and oxygen atoms in total. The smallest absolute Gasteiger partial charge is 0.0284 e. The lowest BCUT2D eigenvalue weighted by molar-refractivity contribution is 0.0954. The van der Waals surface area contributed by atoms with Crippen LogP contribution in [0.3, 0.4) is 0 Å². The van der Waals surface area contributed by atoms with E-state index in [1.807, 2.05) is 0 Å². The van der Waals surface area contributed by atoms with Gasteiger partial charge in [-0.05, 0) is 31.6 Å². The first-order valence-corrected chi connectivity index (χ1v) is 5.47. The number of rotatable bonds is 2. The van der Waals surface area contributed by atoms with Crippen molar-refractivity contribution in [3.05, 3.63) is 0 Å². The Labute approximate surface area is 82.1 Å². The van der Waals surface area contributed by atoms with Gasteiger partial charge < -0.3 is 11.5 Å². The van der Waals surface area contributed by atoms with Crippen molar-refractivity contribution in [2.75, 3.05) is 0 Å². The average molecular weight is 184 g/mol. The molecule has 2 heteroatoms. The Morgan fingerprint density at radius 3 is 2.46 bits per heavy atom. The number of nitrogens with two attached hydrogens (primary N) is 2. The van der Waals surface area contributed by atoms with Gasteiger partial charge in [-0.25, -0.2) is 0 Å². The van der Waals surface area contributed by atoms with Crippen LogP contribution in [0.1, 0.15) is 52.9 Å². The monoisotopic (exact) mass is 184 g/mol. The zero-order valence-corrected chi connectivity index (χ0v) is 9.27. The van der Waals surface area contributed by atoms with Crippen molar-refractivity contribution in [1.82, 2.24) is 0 Å². The third-order valence-electron chi connectivity index (χ3n) is 3.75. The lowest BCUT2D eigenvalue weighted by Crippen LogP contribution is -2.62. The molecular weight excluding hydrogens is 160 g/mol. The van der Waals surface area contributed by atoms with Crippen LogP contribution in [0.25, 0.3) is 0 Å². The van der Waals surface area contributed by atoms with Crippen LogP contribution < -0.4 is 11.5 Å². The lowest BCUT2D eigenvalue weighted by atomic mass is 9.62. The summed E-state index contributed by atoms with van der Waals surface area (Å²) in [6, 6.07) is 0.161. The Hall–Kier alpha value is -0.0800. The molecule has 1 saturated carbocycles. The minimum Gasteiger partial charge on any atom is -0.326 e. The third kappa shape index (κ3) is 2.05. The minimum atomic E-state index is -0.151. The average Bonchev–Trinajstić information content (AvgIpc) is 2.01. The highest BCUT2D eigenvalue weighted by Crippen LogP contribution is 2.42. The molecular formula is C11H24N2. The Bertz CT molecular complexity index is 173. The second-order valence-electron chi connectivity index (χ2n) is 5.24. The molecule has 0 saturated heterocycles. The van der Waals surface area contributed by atoms with Crippen LogP contribution in [0, 0.1) is 5.41 Å². The minimum absolute atomic E-state index is 0.151. The van der Waals surface area contributed by atoms with Gasteiger partial charge in [0, 0.05) is 11.6 Å². The summed E-state index contributed by atoms with van der Waals surface area (Å²) < 4.78 is 0. The van der Waals surface area contributed by atoms with Crippen molar-refractivity contribution >= 4 is 0 Å². The highest BCUT2D eigenvalue weighted by molar-refractivity contribution is 5.03. The van der Waals surface area contributed by atoms with Gasteiger partial charge >= 0.3 is 0 Å². The van der Waals surface area contributed by atoms with E-state index >= 15 is 0 Å². The highest BCUT2D eigenvalue weighted by Gasteiger charge is 2.43. The summed E-state index contributed by atoms with van der Waals surface area (Å²) in [5, 5.41) is 0. The molecule has 0 aromatic heterocycles. The molecule has 0 heterocycles. The van der Waals surface area contributed by atoms with Gasteiger partial charge in [0.05, 0.1) is 0 Å². The van der Waals surface area contributed by atoms with Crippen molar-refractivity contribution in [1.29, 1.82) is 0 Å². The largest absolute Gasteiger partial charge is 0.326 e. The van der Waals surface area contributed by atoms with E-state index in [1.165, 1.54) is 25.7 Å². The lowest BCUT2D eigenvalue weighted by Gasteiger charge is -2.48. The first kappa shape index (κ1) is 11.0. The molecule has 4 N–H and O–H groups in total. The zero-order valence-electron chi connectivity index (χ0n) is 9.27. The molecule has 1 rings (SSSR count). The molecule has 0 aliphatic heterocycles. The summed E-state index contributed by atoms with van der Waals surface area (Å²) in [5.74, 6) is 0. The van der Waals surface area contributed by atoms with Gasteiger partial charge in [-0.3, -0.25) is 0 Å². The fourth-order valence-corrected chi connectivity index (χ4v) is 2.83. The second-order valence-corrected chi connectivity index (χ2v) is 5.24. The molecule has 1 aliphatic rings. The van der Waals surface area contributed by atoms with Crippen LogP contribution in [-0.4, -0.2) is 11.6 Å². The maximum atomic E-state index is 6.25. The van der Waals surface area contributed by atoms with Gasteiger partial charge in [0.15, 0.2) is 0 Å². The molecule has 13 heavy (non-hydrogen) atoms. The molecule has 0 amide bonds. The summed E-state index contributed by atoms with van der Waals surface area (Å²) in [6.45, 7) is 6.62. The van der Waals surface area contributed by atoms with E-state index in [-0.39, 0.29) is 17.0 Å². The normalized spacial score (nSPS) is 46.4. The Morgan fingerprint density at radius 2 is 1.92 bits per heavy atom. The fourth-order valence-electron chi connectivity index (χ4n) is 2.83. The maximum Gasteiger partial charge on any atom is 0.0284 e. The summed E-state index contributed by atoms with van der Waals surface area (Å²) in [4.78, 5) is 0. The molecule has 1 fully saturated rings. The summed E-state index contributed by atoms with van der Waals surface area (Å²) in [6.07, 6.45) is 5.97. The van der Waals surface area contributed by atoms with E-state index in [0.29, 0.717) is 0 Å². The summed E-state index contributed by atoms with van der Waals surface area (Å²) >= 11 is 0. The fraction of sp³-hybridized carbons (Fsp3) is 1.00. The van der Waals surface area contributed by atoms with Crippen LogP contribution >= 0.6 is 0 Å². The van der Waals surface area contributed by atoms with Crippen molar-refractivity contribution < 1.29 is 0 Å². The summed E-state index contributed by atoms with van der Waals surface area (Å²) in [5.41, 5.74) is 12.6. The van der Waals surface area contributed by atoms with E-state index in [9.17, 15) is 0 Å². The van der Waals surface area contributed by atoms with Gasteiger partial charge in [0.25, 0.3) is 0 Å². The van der Waals surface area contributed by atoms with Crippen molar-refractivity contribution in [3.63, 3.8) is 0 Å². The predicted octanol–water partition coefficient (Wildman–Crippen LogP) is 2.02. The molecule has 0 radical (unpaired) electrons. The quantitative estimate of drug-likeness (QED) is 0.690. The Balaban J connectivity index is 2.75. The molecule has 0 aromatic carbocycles. The van der Waals surface area contributed by atoms with Crippen molar-refractivity contribution in [2.45, 2.75) is 64.5 Å². The molecule has 1 aliphatic carbocycles. The topological polar surface area (TPSA) is 52.0 Å². The molecule has 0 spiro atoms. The SMILES string of the molecule is CCCC1(C)CCCC(C)(N)C1N. The van der Waals surface area contributed by atoms with Gasteiger partial charge in [-0.2, -0.15) is 0 Å². The third-order valence-corrected chi connectivity index (χ3v) is 3.75. The van der Waals surface area contributed by atoms with E-state index < -0.39 is 0 Å². The van der Waals surface area contributed by atoms with Crippen molar-refractivity contribution in [3.8, 4) is 0 Å². The second kappa shape index (κ2) is 3.58. The Morgan fingerprint density at radius 1 is 1.31 bits per heavy atom. The van der Waals surface area contributed by atoms with Crippen LogP contribution in [-0.2, 0) is 0 Å². The zero-order chi connectivity index (χ0) is 10.1. The van der Waals surface area contributed by atoms with Crippen LogP contribution in [0.5, 0.6) is 0 Å². The van der Waals surface area contributed by atoms with Gasteiger partial charge in [0.1, 0.15) is 0 Å². The van der Waals surface area contributed by atoms with E-state index in [2.05, 4.69) is 20.8 Å². The predicted molar refractivity (Wildman–Crippen MR) is 57.4 cm³/mol. The van der Waals surface area contributed by atoms with Gasteiger partial charge in [-0.15, -0.1) is 0 Å². The molecule has 0 aromatic rings. The maximum absolute atomic E-state index is 6.25. The standard InChI is InChI=1S/C11H24N2/c1-4-6-10(2)7-5-8-11(3,13)9(10)12/h9H,4-8,12-13H2,1-3H3. The van der Waals surface area contributed by atoms with Gasteiger partial charge in [0.2, 0.25) is 0 Å². The Kier molecular flexibility index (Phi) is 3.03. The van der Waals surface area contributed by atoms with Crippen LogP contribution in [0.4, 0.5) is 0 Å². The van der Waals surface area contributed by atoms with Crippen LogP contribution in [0.15, 0.2) is 0 Å². The molecule has 3 atom stereocenters. The van der Waals surface area contributed by atoms with Crippen LogP contribution in [0.2, 0.25) is 0 Å². The van der Waals surface area contributed by atoms with E-state index in [4.69, 9.17) is 11.5 Å². The van der Waals surface area contributed by atoms with Crippen molar-refractivity contribution in [2.24, 2.45) is 16.9 Å². The van der Waals surface area contributed by atoms with Gasteiger partial charge in [-0.1, -0.05) is 26.7 Å². The van der Waals surface area contributed by atoms with E-state index in [0.717, 1.165) is 6.42 Å². The molecule has 78 valence electrons.